The Morgan fingerprint density at radius 2 is 1.86 bits per heavy atom. The fourth-order valence-corrected chi connectivity index (χ4v) is 3.51. The molecule has 1 aromatic rings. The summed E-state index contributed by atoms with van der Waals surface area (Å²) in [5.41, 5.74) is 0.199. The molecular weight excluding hydrogens is 272 g/mol. The molecule has 3 aliphatic rings. The van der Waals surface area contributed by atoms with E-state index in [1.165, 1.54) is 18.2 Å². The third-order valence-corrected chi connectivity index (χ3v) is 4.63. The lowest BCUT2D eigenvalue weighted by Gasteiger charge is -2.50. The Kier molecular flexibility index (Phi) is 4.52. The van der Waals surface area contributed by atoms with Crippen LogP contribution in [-0.2, 0) is 0 Å². The first-order chi connectivity index (χ1) is 10.2. The molecule has 5 heteroatoms. The van der Waals surface area contributed by atoms with Crippen LogP contribution in [0.25, 0.3) is 0 Å². The number of fused-ring (bicyclic) bond motifs is 3. The van der Waals surface area contributed by atoms with Gasteiger partial charge in [-0.25, -0.2) is 8.78 Å². The molecular formula is C16H23F2N3. The molecule has 1 aromatic carbocycles. The van der Waals surface area contributed by atoms with Gasteiger partial charge in [-0.05, 0) is 25.1 Å². The van der Waals surface area contributed by atoms with E-state index in [1.807, 2.05) is 0 Å². The van der Waals surface area contributed by atoms with Crippen molar-refractivity contribution < 1.29 is 8.78 Å². The molecule has 4 rings (SSSR count). The Bertz CT molecular complexity index is 466. The van der Waals surface area contributed by atoms with Gasteiger partial charge in [0.1, 0.15) is 11.6 Å². The van der Waals surface area contributed by atoms with E-state index in [2.05, 4.69) is 22.0 Å². The zero-order valence-electron chi connectivity index (χ0n) is 12.5. The molecule has 1 N–H and O–H groups in total. The third kappa shape index (κ3) is 2.96. The minimum Gasteiger partial charge on any atom is -0.308 e. The second-order valence-corrected chi connectivity index (χ2v) is 5.97. The molecule has 2 bridgehead atoms. The molecule has 3 saturated heterocycles. The highest BCUT2D eigenvalue weighted by Crippen LogP contribution is 2.30. The van der Waals surface area contributed by atoms with E-state index in [4.69, 9.17) is 0 Å². The lowest BCUT2D eigenvalue weighted by Crippen LogP contribution is -2.64. The normalized spacial score (nSPS) is 29.6. The van der Waals surface area contributed by atoms with Gasteiger partial charge in [-0.15, -0.1) is 0 Å². The molecule has 0 spiro atoms. The quantitative estimate of drug-likeness (QED) is 0.896. The molecule has 21 heavy (non-hydrogen) atoms. The average molecular weight is 295 g/mol. The Hall–Kier alpha value is -1.04. The van der Waals surface area contributed by atoms with Gasteiger partial charge >= 0.3 is 0 Å². The molecule has 0 amide bonds. The molecule has 2 unspecified atom stereocenters. The van der Waals surface area contributed by atoms with Crippen molar-refractivity contribution in [2.75, 3.05) is 39.3 Å². The van der Waals surface area contributed by atoms with Crippen LogP contribution in [-0.4, -0.2) is 55.1 Å². The first-order valence-electron chi connectivity index (χ1n) is 7.84. The predicted octanol–water partition coefficient (Wildman–Crippen LogP) is 2.01. The van der Waals surface area contributed by atoms with Crippen LogP contribution in [0.4, 0.5) is 8.78 Å². The van der Waals surface area contributed by atoms with Crippen LogP contribution in [0.15, 0.2) is 18.2 Å². The van der Waals surface area contributed by atoms with E-state index < -0.39 is 11.6 Å². The molecule has 3 nitrogen and oxygen atoms in total. The SMILES string of the molecule is CCCNC(c1c(F)cccc1F)C1CN2CCN1CC2. The standard InChI is InChI=1S/C16H23F2N3/c1-2-6-19-16(15-12(17)4-3-5-13(15)18)14-11-20-7-9-21(14)10-8-20/h3-5,14,16,19H,2,6-11H2,1H3. The van der Waals surface area contributed by atoms with E-state index >= 15 is 0 Å². The van der Waals surface area contributed by atoms with Gasteiger partial charge in [-0.3, -0.25) is 9.80 Å². The fraction of sp³-hybridized carbons (Fsp3) is 0.625. The average Bonchev–Trinajstić information content (AvgIpc) is 2.51. The number of benzene rings is 1. The van der Waals surface area contributed by atoms with Gasteiger partial charge in [-0.1, -0.05) is 13.0 Å². The van der Waals surface area contributed by atoms with Crippen molar-refractivity contribution in [1.82, 2.24) is 15.1 Å². The van der Waals surface area contributed by atoms with E-state index in [9.17, 15) is 8.78 Å². The summed E-state index contributed by atoms with van der Waals surface area (Å²) in [5, 5.41) is 3.37. The summed E-state index contributed by atoms with van der Waals surface area (Å²) >= 11 is 0. The van der Waals surface area contributed by atoms with E-state index in [1.54, 1.807) is 0 Å². The van der Waals surface area contributed by atoms with Crippen molar-refractivity contribution in [3.05, 3.63) is 35.4 Å². The number of nitrogens with zero attached hydrogens (tertiary/aromatic N) is 2. The van der Waals surface area contributed by atoms with Crippen molar-refractivity contribution in [1.29, 1.82) is 0 Å². The molecule has 0 aromatic heterocycles. The van der Waals surface area contributed by atoms with Crippen molar-refractivity contribution >= 4 is 0 Å². The Labute approximate surface area is 124 Å². The molecule has 0 saturated carbocycles. The second kappa shape index (κ2) is 6.38. The summed E-state index contributed by atoms with van der Waals surface area (Å²) in [5.74, 6) is -0.887. The largest absolute Gasteiger partial charge is 0.308 e. The molecule has 3 heterocycles. The monoisotopic (exact) mass is 295 g/mol. The highest BCUT2D eigenvalue weighted by molar-refractivity contribution is 5.25. The van der Waals surface area contributed by atoms with Crippen LogP contribution in [0.5, 0.6) is 0 Å². The number of nitrogens with one attached hydrogen (secondary N) is 1. The smallest absolute Gasteiger partial charge is 0.130 e. The maximum Gasteiger partial charge on any atom is 0.130 e. The highest BCUT2D eigenvalue weighted by Gasteiger charge is 2.38. The number of piperazine rings is 3. The molecule has 0 aliphatic carbocycles. The van der Waals surface area contributed by atoms with Crippen LogP contribution >= 0.6 is 0 Å². The third-order valence-electron chi connectivity index (χ3n) is 4.63. The Morgan fingerprint density at radius 3 is 2.38 bits per heavy atom. The maximum absolute atomic E-state index is 14.2. The minimum absolute atomic E-state index is 0.144. The van der Waals surface area contributed by atoms with Crippen LogP contribution < -0.4 is 5.32 Å². The topological polar surface area (TPSA) is 18.5 Å². The summed E-state index contributed by atoms with van der Waals surface area (Å²) in [6.07, 6.45) is 0.947. The maximum atomic E-state index is 14.2. The van der Waals surface area contributed by atoms with Crippen molar-refractivity contribution in [3.63, 3.8) is 0 Å². The summed E-state index contributed by atoms with van der Waals surface area (Å²) in [6.45, 7) is 7.83. The van der Waals surface area contributed by atoms with Crippen molar-refractivity contribution in [3.8, 4) is 0 Å². The van der Waals surface area contributed by atoms with E-state index in [-0.39, 0.29) is 17.6 Å². The van der Waals surface area contributed by atoms with Gasteiger partial charge in [0.05, 0.1) is 6.04 Å². The number of hydrogen-bond acceptors (Lipinski definition) is 3. The number of rotatable bonds is 5. The highest BCUT2D eigenvalue weighted by atomic mass is 19.1. The summed E-state index contributed by atoms with van der Waals surface area (Å²) in [7, 11) is 0. The van der Waals surface area contributed by atoms with Gasteiger partial charge < -0.3 is 5.32 Å². The first kappa shape index (κ1) is 14.9. The number of halogens is 2. The van der Waals surface area contributed by atoms with Gasteiger partial charge in [0.15, 0.2) is 0 Å². The molecule has 2 atom stereocenters. The van der Waals surface area contributed by atoms with E-state index in [0.29, 0.717) is 0 Å². The van der Waals surface area contributed by atoms with Gasteiger partial charge in [0, 0.05) is 44.3 Å². The van der Waals surface area contributed by atoms with E-state index in [0.717, 1.165) is 45.7 Å². The van der Waals surface area contributed by atoms with Crippen LogP contribution in [0.1, 0.15) is 24.9 Å². The minimum atomic E-state index is -0.443. The van der Waals surface area contributed by atoms with Gasteiger partial charge in [0.25, 0.3) is 0 Å². The van der Waals surface area contributed by atoms with Crippen LogP contribution in [0, 0.1) is 11.6 Å². The predicted molar refractivity (Wildman–Crippen MR) is 79.2 cm³/mol. The van der Waals surface area contributed by atoms with Gasteiger partial charge in [0.2, 0.25) is 0 Å². The molecule has 3 aliphatic heterocycles. The molecule has 116 valence electrons. The lowest BCUT2D eigenvalue weighted by molar-refractivity contribution is -0.00468. The fourth-order valence-electron chi connectivity index (χ4n) is 3.51. The zero-order chi connectivity index (χ0) is 14.8. The number of hydrogen-bond donors (Lipinski definition) is 1. The zero-order valence-corrected chi connectivity index (χ0v) is 12.5. The summed E-state index contributed by atoms with van der Waals surface area (Å²) in [4.78, 5) is 4.77. The second-order valence-electron chi connectivity index (χ2n) is 5.97. The first-order valence-corrected chi connectivity index (χ1v) is 7.84. The van der Waals surface area contributed by atoms with Crippen molar-refractivity contribution in [2.24, 2.45) is 0 Å². The van der Waals surface area contributed by atoms with Crippen molar-refractivity contribution in [2.45, 2.75) is 25.4 Å². The molecule has 0 radical (unpaired) electrons. The van der Waals surface area contributed by atoms with Crippen LogP contribution in [0.3, 0.4) is 0 Å². The molecule has 3 fully saturated rings. The lowest BCUT2D eigenvalue weighted by atomic mass is 9.93. The van der Waals surface area contributed by atoms with Gasteiger partial charge in [-0.2, -0.15) is 0 Å². The Balaban J connectivity index is 1.90. The summed E-state index contributed by atoms with van der Waals surface area (Å²) < 4.78 is 28.4. The summed E-state index contributed by atoms with van der Waals surface area (Å²) in [6, 6.07) is 4.01. The Morgan fingerprint density at radius 1 is 1.19 bits per heavy atom. The van der Waals surface area contributed by atoms with Crippen LogP contribution in [0.2, 0.25) is 0 Å².